The van der Waals surface area contributed by atoms with Crippen LogP contribution in [0.1, 0.15) is 21.5 Å². The lowest BCUT2D eigenvalue weighted by molar-refractivity contribution is 0.0949. The number of halogens is 1. The van der Waals surface area contributed by atoms with E-state index >= 15 is 0 Å². The summed E-state index contributed by atoms with van der Waals surface area (Å²) in [6.07, 6.45) is 0. The molecule has 25 heavy (non-hydrogen) atoms. The molecule has 1 amide bonds. The Bertz CT molecular complexity index is 962. The zero-order chi connectivity index (χ0) is 17.8. The molecular weight excluding hydrogens is 319 g/mol. The van der Waals surface area contributed by atoms with E-state index in [0.717, 1.165) is 11.1 Å². The summed E-state index contributed by atoms with van der Waals surface area (Å²) in [4.78, 5) is 27.1. The molecule has 3 rings (SSSR count). The van der Waals surface area contributed by atoms with E-state index in [1.54, 1.807) is 18.2 Å². The molecule has 0 aliphatic carbocycles. The summed E-state index contributed by atoms with van der Waals surface area (Å²) in [5.41, 5.74) is 2.82. The Labute approximate surface area is 144 Å². The van der Waals surface area contributed by atoms with Crippen molar-refractivity contribution in [3.8, 4) is 11.3 Å². The SMILES string of the molecule is Cc1ccc(-c2ccc(C(=O)NCc3cccc(F)c3)c(=O)[nH]2)cc1. The van der Waals surface area contributed by atoms with Crippen molar-refractivity contribution in [1.29, 1.82) is 0 Å². The summed E-state index contributed by atoms with van der Waals surface area (Å²) in [5, 5.41) is 2.62. The molecule has 5 heteroatoms. The lowest BCUT2D eigenvalue weighted by Crippen LogP contribution is -2.29. The van der Waals surface area contributed by atoms with Gasteiger partial charge in [-0.15, -0.1) is 0 Å². The van der Waals surface area contributed by atoms with Crippen LogP contribution in [0.3, 0.4) is 0 Å². The van der Waals surface area contributed by atoms with Gasteiger partial charge in [0.25, 0.3) is 11.5 Å². The van der Waals surface area contributed by atoms with Gasteiger partial charge in [0.2, 0.25) is 0 Å². The molecule has 0 radical (unpaired) electrons. The van der Waals surface area contributed by atoms with Crippen LogP contribution in [0.5, 0.6) is 0 Å². The van der Waals surface area contributed by atoms with Crippen molar-refractivity contribution >= 4 is 5.91 Å². The second kappa shape index (κ2) is 7.13. The maximum absolute atomic E-state index is 13.1. The highest BCUT2D eigenvalue weighted by atomic mass is 19.1. The average molecular weight is 336 g/mol. The molecule has 0 aliphatic rings. The Hall–Kier alpha value is -3.21. The van der Waals surface area contributed by atoms with E-state index in [1.165, 1.54) is 18.2 Å². The second-order valence-corrected chi connectivity index (χ2v) is 5.79. The summed E-state index contributed by atoms with van der Waals surface area (Å²) in [6.45, 7) is 2.13. The van der Waals surface area contributed by atoms with Crippen LogP contribution in [0.25, 0.3) is 11.3 Å². The second-order valence-electron chi connectivity index (χ2n) is 5.79. The third-order valence-corrected chi connectivity index (χ3v) is 3.86. The first kappa shape index (κ1) is 16.6. The highest BCUT2D eigenvalue weighted by Gasteiger charge is 2.11. The van der Waals surface area contributed by atoms with Gasteiger partial charge in [-0.25, -0.2) is 4.39 Å². The summed E-state index contributed by atoms with van der Waals surface area (Å²) < 4.78 is 13.1. The van der Waals surface area contributed by atoms with Gasteiger partial charge in [0.1, 0.15) is 11.4 Å². The van der Waals surface area contributed by atoms with E-state index in [0.29, 0.717) is 11.3 Å². The van der Waals surface area contributed by atoms with Crippen LogP contribution in [0, 0.1) is 12.7 Å². The molecule has 0 spiro atoms. The maximum Gasteiger partial charge on any atom is 0.261 e. The Morgan fingerprint density at radius 2 is 1.84 bits per heavy atom. The number of hydrogen-bond acceptors (Lipinski definition) is 2. The van der Waals surface area contributed by atoms with Gasteiger partial charge < -0.3 is 10.3 Å². The number of aryl methyl sites for hydroxylation is 1. The van der Waals surface area contributed by atoms with E-state index in [1.807, 2.05) is 31.2 Å². The Balaban J connectivity index is 1.75. The lowest BCUT2D eigenvalue weighted by Gasteiger charge is -2.07. The predicted octanol–water partition coefficient (Wildman–Crippen LogP) is 3.42. The molecule has 2 aromatic carbocycles. The van der Waals surface area contributed by atoms with E-state index in [9.17, 15) is 14.0 Å². The number of hydrogen-bond donors (Lipinski definition) is 2. The van der Waals surface area contributed by atoms with Crippen LogP contribution in [0.15, 0.2) is 65.5 Å². The highest BCUT2D eigenvalue weighted by Crippen LogP contribution is 2.16. The number of pyridine rings is 1. The fourth-order valence-corrected chi connectivity index (χ4v) is 2.48. The molecule has 0 atom stereocenters. The van der Waals surface area contributed by atoms with E-state index in [-0.39, 0.29) is 17.9 Å². The van der Waals surface area contributed by atoms with E-state index in [4.69, 9.17) is 0 Å². The molecule has 126 valence electrons. The minimum absolute atomic E-state index is 0.0206. The zero-order valence-electron chi connectivity index (χ0n) is 13.7. The van der Waals surface area contributed by atoms with Crippen LogP contribution >= 0.6 is 0 Å². The van der Waals surface area contributed by atoms with Crippen molar-refractivity contribution < 1.29 is 9.18 Å². The van der Waals surface area contributed by atoms with Crippen LogP contribution in [-0.2, 0) is 6.54 Å². The van der Waals surface area contributed by atoms with Crippen LogP contribution < -0.4 is 10.9 Å². The Morgan fingerprint density at radius 1 is 1.08 bits per heavy atom. The molecule has 0 bridgehead atoms. The first-order valence-corrected chi connectivity index (χ1v) is 7.86. The largest absolute Gasteiger partial charge is 0.348 e. The van der Waals surface area contributed by atoms with Gasteiger partial charge >= 0.3 is 0 Å². The zero-order valence-corrected chi connectivity index (χ0v) is 13.7. The van der Waals surface area contributed by atoms with Gasteiger partial charge in [0.15, 0.2) is 0 Å². The minimum atomic E-state index is -0.499. The molecule has 0 unspecified atom stereocenters. The van der Waals surface area contributed by atoms with Crippen molar-refractivity contribution in [3.63, 3.8) is 0 Å². The minimum Gasteiger partial charge on any atom is -0.348 e. The van der Waals surface area contributed by atoms with Crippen molar-refractivity contribution in [3.05, 3.63) is 93.5 Å². The number of carbonyl (C=O) groups excluding carboxylic acids is 1. The number of aromatic nitrogens is 1. The first-order chi connectivity index (χ1) is 12.0. The Kier molecular flexibility index (Phi) is 4.75. The fraction of sp³-hybridized carbons (Fsp3) is 0.100. The van der Waals surface area contributed by atoms with Crippen molar-refractivity contribution in [2.75, 3.05) is 0 Å². The molecule has 3 aromatic rings. The first-order valence-electron chi connectivity index (χ1n) is 7.86. The molecule has 2 N–H and O–H groups in total. The Morgan fingerprint density at radius 3 is 2.52 bits per heavy atom. The summed E-state index contributed by atoms with van der Waals surface area (Å²) in [6, 6.07) is 16.9. The van der Waals surface area contributed by atoms with Crippen molar-refractivity contribution in [2.24, 2.45) is 0 Å². The molecule has 1 aromatic heterocycles. The van der Waals surface area contributed by atoms with Gasteiger partial charge in [-0.05, 0) is 42.3 Å². The quantitative estimate of drug-likeness (QED) is 0.767. The number of benzene rings is 2. The monoisotopic (exact) mass is 336 g/mol. The summed E-state index contributed by atoms with van der Waals surface area (Å²) in [7, 11) is 0. The number of H-pyrrole nitrogens is 1. The highest BCUT2D eigenvalue weighted by molar-refractivity contribution is 5.94. The smallest absolute Gasteiger partial charge is 0.261 e. The molecule has 0 fully saturated rings. The van der Waals surface area contributed by atoms with E-state index < -0.39 is 11.5 Å². The number of carbonyl (C=O) groups is 1. The van der Waals surface area contributed by atoms with Crippen LogP contribution in [-0.4, -0.2) is 10.9 Å². The lowest BCUT2D eigenvalue weighted by atomic mass is 10.1. The van der Waals surface area contributed by atoms with E-state index in [2.05, 4.69) is 10.3 Å². The fourth-order valence-electron chi connectivity index (χ4n) is 2.48. The summed E-state index contributed by atoms with van der Waals surface area (Å²) in [5.74, 6) is -0.868. The van der Waals surface area contributed by atoms with Crippen LogP contribution in [0.4, 0.5) is 4.39 Å². The topological polar surface area (TPSA) is 62.0 Å². The normalized spacial score (nSPS) is 10.5. The average Bonchev–Trinajstić information content (AvgIpc) is 2.60. The third kappa shape index (κ3) is 4.01. The van der Waals surface area contributed by atoms with Crippen molar-refractivity contribution in [2.45, 2.75) is 13.5 Å². The number of amides is 1. The van der Waals surface area contributed by atoms with Gasteiger partial charge in [0.05, 0.1) is 0 Å². The molecular formula is C20H17FN2O2. The standard InChI is InChI=1S/C20H17FN2O2/c1-13-5-7-15(8-6-13)18-10-9-17(20(25)23-18)19(24)22-12-14-3-2-4-16(21)11-14/h2-11H,12H2,1H3,(H,22,24)(H,23,25). The van der Waals surface area contributed by atoms with Crippen LogP contribution in [0.2, 0.25) is 0 Å². The number of nitrogens with one attached hydrogen (secondary N) is 2. The predicted molar refractivity (Wildman–Crippen MR) is 94.8 cm³/mol. The van der Waals surface area contributed by atoms with Gasteiger partial charge in [0, 0.05) is 12.2 Å². The maximum atomic E-state index is 13.1. The number of aromatic amines is 1. The van der Waals surface area contributed by atoms with Gasteiger partial charge in [-0.2, -0.15) is 0 Å². The molecule has 0 aliphatic heterocycles. The number of rotatable bonds is 4. The molecule has 1 heterocycles. The molecule has 0 saturated heterocycles. The molecule has 4 nitrogen and oxygen atoms in total. The molecule has 0 saturated carbocycles. The van der Waals surface area contributed by atoms with Gasteiger partial charge in [-0.3, -0.25) is 9.59 Å². The van der Waals surface area contributed by atoms with Gasteiger partial charge in [-0.1, -0.05) is 42.0 Å². The summed E-state index contributed by atoms with van der Waals surface area (Å²) >= 11 is 0. The van der Waals surface area contributed by atoms with Crippen molar-refractivity contribution in [1.82, 2.24) is 10.3 Å². The third-order valence-electron chi connectivity index (χ3n) is 3.86.